The van der Waals surface area contributed by atoms with Crippen LogP contribution in [0.4, 0.5) is 0 Å². The van der Waals surface area contributed by atoms with Crippen molar-refractivity contribution in [2.45, 2.75) is 32.2 Å². The number of hydrogen-bond donors (Lipinski definition) is 1. The number of aromatic nitrogens is 3. The summed E-state index contributed by atoms with van der Waals surface area (Å²) in [7, 11) is 1.59. The number of methoxy groups -OCH3 is 1. The molecule has 2 aromatic rings. The molecule has 1 N–H and O–H groups in total. The van der Waals surface area contributed by atoms with Gasteiger partial charge in [0.1, 0.15) is 0 Å². The van der Waals surface area contributed by atoms with Gasteiger partial charge in [0.25, 0.3) is 11.5 Å². The monoisotopic (exact) mass is 344 g/mol. The predicted octanol–water partition coefficient (Wildman–Crippen LogP) is 1.55. The van der Waals surface area contributed by atoms with Crippen LogP contribution >= 0.6 is 0 Å². The summed E-state index contributed by atoms with van der Waals surface area (Å²) in [4.78, 5) is 26.6. The minimum Gasteiger partial charge on any atom is -0.383 e. The van der Waals surface area contributed by atoms with E-state index in [0.717, 1.165) is 30.8 Å². The number of likely N-dealkylation sites (tertiary alicyclic amines) is 1. The van der Waals surface area contributed by atoms with Crippen molar-refractivity contribution in [3.63, 3.8) is 0 Å². The van der Waals surface area contributed by atoms with Gasteiger partial charge in [0.05, 0.1) is 17.9 Å². The van der Waals surface area contributed by atoms with E-state index in [1.54, 1.807) is 19.4 Å². The maximum absolute atomic E-state index is 12.9. The summed E-state index contributed by atoms with van der Waals surface area (Å²) in [5.41, 5.74) is 2.45. The topological polar surface area (TPSA) is 80.2 Å². The Morgan fingerprint density at radius 1 is 1.44 bits per heavy atom. The smallest absolute Gasteiger partial charge is 0.255 e. The molecule has 134 valence electrons. The molecule has 1 saturated heterocycles. The number of aromatic amines is 1. The summed E-state index contributed by atoms with van der Waals surface area (Å²) in [6.07, 6.45) is 3.61. The van der Waals surface area contributed by atoms with Crippen LogP contribution in [0.25, 0.3) is 0 Å². The molecule has 2 aromatic heterocycles. The van der Waals surface area contributed by atoms with Crippen LogP contribution in [0.3, 0.4) is 0 Å². The highest BCUT2D eigenvalue weighted by atomic mass is 16.5. The average molecular weight is 344 g/mol. The first kappa shape index (κ1) is 17.4. The van der Waals surface area contributed by atoms with E-state index in [0.29, 0.717) is 25.3 Å². The number of nitrogens with zero attached hydrogens (tertiary/aromatic N) is 3. The number of aryl methyl sites for hydroxylation is 1. The van der Waals surface area contributed by atoms with Crippen LogP contribution in [-0.4, -0.2) is 52.4 Å². The van der Waals surface area contributed by atoms with Gasteiger partial charge in [-0.05, 0) is 31.9 Å². The fraction of sp³-hybridized carbons (Fsp3) is 0.500. The maximum atomic E-state index is 12.9. The molecule has 1 atom stereocenters. The van der Waals surface area contributed by atoms with Crippen LogP contribution in [0.15, 0.2) is 29.2 Å². The van der Waals surface area contributed by atoms with Crippen LogP contribution in [0, 0.1) is 6.92 Å². The third-order valence-electron chi connectivity index (χ3n) is 4.62. The molecule has 0 aromatic carbocycles. The number of ether oxygens (including phenoxy) is 1. The zero-order valence-corrected chi connectivity index (χ0v) is 14.7. The maximum Gasteiger partial charge on any atom is 0.255 e. The number of nitrogens with one attached hydrogen (secondary N) is 1. The molecule has 3 rings (SSSR count). The van der Waals surface area contributed by atoms with Gasteiger partial charge in [0.15, 0.2) is 0 Å². The van der Waals surface area contributed by atoms with Gasteiger partial charge in [-0.1, -0.05) is 0 Å². The van der Waals surface area contributed by atoms with E-state index in [1.165, 1.54) is 10.6 Å². The number of pyridine rings is 1. The Morgan fingerprint density at radius 2 is 2.28 bits per heavy atom. The van der Waals surface area contributed by atoms with Gasteiger partial charge in [-0.15, -0.1) is 0 Å². The number of carbonyl (C=O) groups is 1. The van der Waals surface area contributed by atoms with Crippen molar-refractivity contribution >= 4 is 5.91 Å². The van der Waals surface area contributed by atoms with Gasteiger partial charge in [-0.25, -0.2) is 0 Å². The Bertz CT molecular complexity index is 796. The molecular formula is C18H24N4O3. The minimum absolute atomic E-state index is 0.0388. The zero-order chi connectivity index (χ0) is 17.8. The Labute approximate surface area is 146 Å². The molecule has 0 spiro atoms. The van der Waals surface area contributed by atoms with Gasteiger partial charge >= 0.3 is 0 Å². The number of carbonyl (C=O) groups excluding carboxylic acids is 1. The summed E-state index contributed by atoms with van der Waals surface area (Å²) in [6.45, 7) is 4.23. The highest BCUT2D eigenvalue weighted by molar-refractivity contribution is 5.94. The first-order valence-electron chi connectivity index (χ1n) is 8.59. The van der Waals surface area contributed by atoms with E-state index >= 15 is 0 Å². The molecule has 7 nitrogen and oxygen atoms in total. The first-order chi connectivity index (χ1) is 12.1. The van der Waals surface area contributed by atoms with Gasteiger partial charge in [0, 0.05) is 50.6 Å². The van der Waals surface area contributed by atoms with E-state index in [9.17, 15) is 9.59 Å². The Balaban J connectivity index is 1.75. The Kier molecular flexibility index (Phi) is 5.33. The molecule has 25 heavy (non-hydrogen) atoms. The van der Waals surface area contributed by atoms with E-state index in [-0.39, 0.29) is 17.4 Å². The van der Waals surface area contributed by atoms with Crippen LogP contribution in [0.5, 0.6) is 0 Å². The molecule has 0 saturated carbocycles. The molecule has 0 unspecified atom stereocenters. The number of H-pyrrole nitrogens is 1. The third kappa shape index (κ3) is 3.99. The molecule has 1 aliphatic heterocycles. The van der Waals surface area contributed by atoms with Crippen LogP contribution in [0.1, 0.15) is 40.5 Å². The second kappa shape index (κ2) is 7.65. The fourth-order valence-electron chi connectivity index (χ4n) is 3.26. The standard InChI is InChI=1S/C18H24N4O3/c1-13-10-16(20-19-13)14-4-3-7-22(11-14)18(24)15-5-6-17(23)21(12-15)8-9-25-2/h5-6,10,12,14H,3-4,7-9,11H2,1-2H3,(H,19,20)/t14-/m0/s1. The predicted molar refractivity (Wildman–Crippen MR) is 93.8 cm³/mol. The second-order valence-corrected chi connectivity index (χ2v) is 6.51. The van der Waals surface area contributed by atoms with E-state index in [4.69, 9.17) is 4.74 Å². The highest BCUT2D eigenvalue weighted by Gasteiger charge is 2.27. The SMILES string of the molecule is COCCn1cc(C(=O)N2CCC[C@H](c3cc(C)[nH]n3)C2)ccc1=O. The number of piperidine rings is 1. The van der Waals surface area contributed by atoms with Crippen molar-refractivity contribution in [3.8, 4) is 0 Å². The molecule has 1 amide bonds. The third-order valence-corrected chi connectivity index (χ3v) is 4.62. The van der Waals surface area contributed by atoms with Crippen molar-refractivity contribution in [3.05, 3.63) is 51.7 Å². The fourth-order valence-corrected chi connectivity index (χ4v) is 3.26. The van der Waals surface area contributed by atoms with Gasteiger partial charge in [0.2, 0.25) is 0 Å². The normalized spacial score (nSPS) is 17.7. The lowest BCUT2D eigenvalue weighted by Crippen LogP contribution is -2.39. The first-order valence-corrected chi connectivity index (χ1v) is 8.59. The summed E-state index contributed by atoms with van der Waals surface area (Å²) in [5, 5.41) is 7.31. The quantitative estimate of drug-likeness (QED) is 0.892. The average Bonchev–Trinajstić information content (AvgIpc) is 3.07. The zero-order valence-electron chi connectivity index (χ0n) is 14.7. The molecule has 7 heteroatoms. The Morgan fingerprint density at radius 3 is 3.00 bits per heavy atom. The van der Waals surface area contributed by atoms with Gasteiger partial charge in [-0.3, -0.25) is 14.7 Å². The summed E-state index contributed by atoms with van der Waals surface area (Å²) >= 11 is 0. The lowest BCUT2D eigenvalue weighted by Gasteiger charge is -2.32. The van der Waals surface area contributed by atoms with Crippen molar-refractivity contribution in [2.75, 3.05) is 26.8 Å². The number of hydrogen-bond acceptors (Lipinski definition) is 4. The van der Waals surface area contributed by atoms with Crippen LogP contribution < -0.4 is 5.56 Å². The van der Waals surface area contributed by atoms with Crippen LogP contribution in [0.2, 0.25) is 0 Å². The van der Waals surface area contributed by atoms with Crippen molar-refractivity contribution in [2.24, 2.45) is 0 Å². The van der Waals surface area contributed by atoms with Crippen molar-refractivity contribution in [1.82, 2.24) is 19.7 Å². The van der Waals surface area contributed by atoms with Crippen LogP contribution in [-0.2, 0) is 11.3 Å². The largest absolute Gasteiger partial charge is 0.383 e. The molecule has 0 aliphatic carbocycles. The van der Waals surface area contributed by atoms with E-state index in [1.807, 2.05) is 17.9 Å². The van der Waals surface area contributed by atoms with Gasteiger partial charge in [-0.2, -0.15) is 5.10 Å². The molecular weight excluding hydrogens is 320 g/mol. The molecule has 0 radical (unpaired) electrons. The van der Waals surface area contributed by atoms with Crippen molar-refractivity contribution < 1.29 is 9.53 Å². The van der Waals surface area contributed by atoms with E-state index < -0.39 is 0 Å². The second-order valence-electron chi connectivity index (χ2n) is 6.51. The molecule has 3 heterocycles. The minimum atomic E-state index is -0.128. The number of amides is 1. The summed E-state index contributed by atoms with van der Waals surface area (Å²) in [6, 6.07) is 5.10. The summed E-state index contributed by atoms with van der Waals surface area (Å²) < 4.78 is 6.54. The Hall–Kier alpha value is -2.41. The molecule has 1 aliphatic rings. The lowest BCUT2D eigenvalue weighted by molar-refractivity contribution is 0.0704. The highest BCUT2D eigenvalue weighted by Crippen LogP contribution is 2.26. The molecule has 1 fully saturated rings. The van der Waals surface area contributed by atoms with E-state index in [2.05, 4.69) is 10.2 Å². The molecule has 0 bridgehead atoms. The van der Waals surface area contributed by atoms with Gasteiger partial charge < -0.3 is 14.2 Å². The summed E-state index contributed by atoms with van der Waals surface area (Å²) in [5.74, 6) is 0.213. The number of rotatable bonds is 5. The lowest BCUT2D eigenvalue weighted by atomic mass is 9.94. The van der Waals surface area contributed by atoms with Crippen molar-refractivity contribution in [1.29, 1.82) is 0 Å².